The minimum absolute atomic E-state index is 0.0703. The Balaban J connectivity index is 0.000000479. The Kier molecular flexibility index (Phi) is 8.46. The normalized spacial score (nSPS) is 16.3. The van der Waals surface area contributed by atoms with Crippen LogP contribution in [0.3, 0.4) is 0 Å². The van der Waals surface area contributed by atoms with Crippen LogP contribution in [-0.2, 0) is 26.2 Å². The number of carbonyl (C=O) groups is 2. The molecule has 1 aromatic carbocycles. The van der Waals surface area contributed by atoms with Crippen LogP contribution < -0.4 is 10.5 Å². The summed E-state index contributed by atoms with van der Waals surface area (Å²) in [6.07, 6.45) is -4.71. The molecule has 9 nitrogen and oxygen atoms in total. The molecule has 2 aromatic rings. The van der Waals surface area contributed by atoms with Crippen molar-refractivity contribution in [2.24, 2.45) is 5.73 Å². The third-order valence-corrected chi connectivity index (χ3v) is 7.57. The van der Waals surface area contributed by atoms with Gasteiger partial charge in [-0.1, -0.05) is 35.9 Å². The minimum atomic E-state index is -5.08. The van der Waals surface area contributed by atoms with Crippen LogP contribution in [0.5, 0.6) is 0 Å². The summed E-state index contributed by atoms with van der Waals surface area (Å²) < 4.78 is 59.0. The predicted molar refractivity (Wildman–Crippen MR) is 115 cm³/mol. The third kappa shape index (κ3) is 7.15. The second-order valence-electron chi connectivity index (χ2n) is 6.68. The number of carboxylic acid groups (broad SMARTS) is 1. The number of halogens is 4. The molecular formula is C18H18ClF3N4O5S2. The van der Waals surface area contributed by atoms with E-state index in [1.54, 1.807) is 23.1 Å². The van der Waals surface area contributed by atoms with Crippen molar-refractivity contribution in [3.05, 3.63) is 51.9 Å². The predicted octanol–water partition coefficient (Wildman–Crippen LogP) is 2.40. The Morgan fingerprint density at radius 3 is 2.48 bits per heavy atom. The summed E-state index contributed by atoms with van der Waals surface area (Å²) in [5.74, 6) is -3.12. The molecule has 1 saturated heterocycles. The Morgan fingerprint density at radius 1 is 1.36 bits per heavy atom. The molecule has 1 fully saturated rings. The van der Waals surface area contributed by atoms with Crippen LogP contribution in [-0.4, -0.2) is 54.9 Å². The van der Waals surface area contributed by atoms with Gasteiger partial charge in [0.05, 0.1) is 5.02 Å². The van der Waals surface area contributed by atoms with E-state index >= 15 is 0 Å². The standard InChI is InChI=1S/C16H17ClN4O3S2.C2HF3O2/c17-11-7-14(25-9-11)26(23,24)20-13-5-6-21(16(13)22)8-10-3-1-2-4-12(10)15(18)19;3-2(4,5)1(6)7/h1-4,7,9,13,20H,5-6,8H2,(H3,18,19);(H,6,7). The molecule has 0 radical (unpaired) electrons. The lowest BCUT2D eigenvalue weighted by molar-refractivity contribution is -0.192. The first-order valence-corrected chi connectivity index (χ1v) is 11.7. The van der Waals surface area contributed by atoms with E-state index in [1.165, 1.54) is 11.4 Å². The average molecular weight is 527 g/mol. The molecule has 1 atom stereocenters. The van der Waals surface area contributed by atoms with Gasteiger partial charge < -0.3 is 15.7 Å². The molecule has 0 saturated carbocycles. The van der Waals surface area contributed by atoms with Gasteiger partial charge >= 0.3 is 12.1 Å². The summed E-state index contributed by atoms with van der Waals surface area (Å²) in [5.41, 5.74) is 6.90. The summed E-state index contributed by atoms with van der Waals surface area (Å²) in [7, 11) is -3.79. The van der Waals surface area contributed by atoms with Crippen molar-refractivity contribution >= 4 is 50.7 Å². The molecule has 1 aromatic heterocycles. The fourth-order valence-corrected chi connectivity index (χ4v) is 5.46. The molecular weight excluding hydrogens is 509 g/mol. The van der Waals surface area contributed by atoms with Gasteiger partial charge in [0.15, 0.2) is 0 Å². The number of hydrogen-bond acceptors (Lipinski definition) is 6. The van der Waals surface area contributed by atoms with Gasteiger partial charge in [-0.05, 0) is 18.1 Å². The monoisotopic (exact) mass is 526 g/mol. The zero-order chi connectivity index (χ0) is 25.0. The molecule has 0 bridgehead atoms. The Bertz CT molecular complexity index is 1150. The van der Waals surface area contributed by atoms with E-state index in [9.17, 15) is 26.4 Å². The van der Waals surface area contributed by atoms with E-state index in [1.807, 2.05) is 6.07 Å². The van der Waals surface area contributed by atoms with Crippen molar-refractivity contribution < 1.29 is 36.3 Å². The number of amidine groups is 1. The fourth-order valence-electron chi connectivity index (χ4n) is 2.81. The number of amides is 1. The molecule has 1 amide bonds. The van der Waals surface area contributed by atoms with Crippen molar-refractivity contribution in [1.82, 2.24) is 9.62 Å². The molecule has 5 N–H and O–H groups in total. The quantitative estimate of drug-likeness (QED) is 0.335. The molecule has 33 heavy (non-hydrogen) atoms. The summed E-state index contributed by atoms with van der Waals surface area (Å²) in [6.45, 7) is 0.696. The number of nitrogens with two attached hydrogens (primary N) is 1. The number of benzene rings is 1. The smallest absolute Gasteiger partial charge is 0.475 e. The molecule has 180 valence electrons. The zero-order valence-corrected chi connectivity index (χ0v) is 19.0. The van der Waals surface area contributed by atoms with Gasteiger partial charge in [-0.2, -0.15) is 17.9 Å². The topological polar surface area (TPSA) is 154 Å². The summed E-state index contributed by atoms with van der Waals surface area (Å²) >= 11 is 6.79. The van der Waals surface area contributed by atoms with E-state index < -0.39 is 28.2 Å². The van der Waals surface area contributed by atoms with Crippen molar-refractivity contribution in [3.8, 4) is 0 Å². The number of nitrogens with zero attached hydrogens (tertiary/aromatic N) is 1. The molecule has 1 unspecified atom stereocenters. The summed E-state index contributed by atoms with van der Waals surface area (Å²) in [5, 5.41) is 16.6. The Labute approximate surface area is 195 Å². The average Bonchev–Trinajstić information content (AvgIpc) is 3.29. The van der Waals surface area contributed by atoms with E-state index in [0.717, 1.165) is 16.9 Å². The van der Waals surface area contributed by atoms with Gasteiger partial charge in [-0.25, -0.2) is 13.2 Å². The first-order valence-electron chi connectivity index (χ1n) is 9.00. The van der Waals surface area contributed by atoms with E-state index in [4.69, 9.17) is 32.6 Å². The van der Waals surface area contributed by atoms with Gasteiger partial charge in [0, 0.05) is 24.0 Å². The highest BCUT2D eigenvalue weighted by atomic mass is 35.5. The molecule has 3 rings (SSSR count). The molecule has 2 heterocycles. The SMILES string of the molecule is N=C(N)c1ccccc1CN1CCC(NS(=O)(=O)c2cc(Cl)cs2)C1=O.O=C(O)C(F)(F)F. The second-order valence-corrected chi connectivity index (χ2v) is 9.97. The van der Waals surface area contributed by atoms with Crippen molar-refractivity contribution in [1.29, 1.82) is 5.41 Å². The molecule has 0 spiro atoms. The fraction of sp³-hybridized carbons (Fsp3) is 0.278. The van der Waals surface area contributed by atoms with E-state index in [2.05, 4.69) is 4.72 Å². The van der Waals surface area contributed by atoms with Gasteiger partial charge in [0.1, 0.15) is 16.1 Å². The lowest BCUT2D eigenvalue weighted by Crippen LogP contribution is -2.41. The van der Waals surface area contributed by atoms with Crippen molar-refractivity contribution in [2.75, 3.05) is 6.54 Å². The number of nitrogens with one attached hydrogen (secondary N) is 2. The van der Waals surface area contributed by atoms with E-state index in [-0.39, 0.29) is 22.5 Å². The number of aliphatic carboxylic acids is 1. The highest BCUT2D eigenvalue weighted by molar-refractivity contribution is 7.91. The third-order valence-electron chi connectivity index (χ3n) is 4.31. The molecule has 1 aliphatic heterocycles. The summed E-state index contributed by atoms with van der Waals surface area (Å²) in [4.78, 5) is 23.1. The van der Waals surface area contributed by atoms with Crippen LogP contribution >= 0.6 is 22.9 Å². The number of thiophene rings is 1. The number of alkyl halides is 3. The van der Waals surface area contributed by atoms with Crippen LogP contribution in [0.15, 0.2) is 39.9 Å². The van der Waals surface area contributed by atoms with Crippen LogP contribution in [0, 0.1) is 5.41 Å². The van der Waals surface area contributed by atoms with Crippen molar-refractivity contribution in [2.45, 2.75) is 29.4 Å². The number of carboxylic acids is 1. The van der Waals surface area contributed by atoms with Gasteiger partial charge in [0.2, 0.25) is 5.91 Å². The van der Waals surface area contributed by atoms with Gasteiger partial charge in [-0.3, -0.25) is 10.2 Å². The Hall–Kier alpha value is -2.68. The van der Waals surface area contributed by atoms with Crippen LogP contribution in [0.1, 0.15) is 17.5 Å². The zero-order valence-electron chi connectivity index (χ0n) is 16.6. The van der Waals surface area contributed by atoms with Crippen molar-refractivity contribution in [3.63, 3.8) is 0 Å². The van der Waals surface area contributed by atoms with Crippen LogP contribution in [0.4, 0.5) is 13.2 Å². The maximum absolute atomic E-state index is 12.6. The molecule has 1 aliphatic rings. The number of nitrogen functional groups attached to an aromatic ring is 1. The minimum Gasteiger partial charge on any atom is -0.475 e. The second kappa shape index (κ2) is 10.5. The van der Waals surface area contributed by atoms with Gasteiger partial charge in [-0.15, -0.1) is 11.3 Å². The van der Waals surface area contributed by atoms with Gasteiger partial charge in [0.25, 0.3) is 10.0 Å². The molecule has 15 heteroatoms. The van der Waals surface area contributed by atoms with E-state index in [0.29, 0.717) is 23.6 Å². The lowest BCUT2D eigenvalue weighted by Gasteiger charge is -2.19. The number of rotatable bonds is 6. The highest BCUT2D eigenvalue weighted by Gasteiger charge is 2.38. The summed E-state index contributed by atoms with van der Waals surface area (Å²) in [6, 6.07) is 7.64. The van der Waals surface area contributed by atoms with Crippen LogP contribution in [0.25, 0.3) is 0 Å². The number of hydrogen-bond donors (Lipinski definition) is 4. The number of carbonyl (C=O) groups excluding carboxylic acids is 1. The first kappa shape index (κ1) is 26.6. The maximum atomic E-state index is 12.6. The number of sulfonamides is 1. The number of likely N-dealkylation sites (tertiary alicyclic amines) is 1. The Morgan fingerprint density at radius 2 is 1.97 bits per heavy atom. The van der Waals surface area contributed by atoms with Crippen LogP contribution in [0.2, 0.25) is 5.02 Å². The highest BCUT2D eigenvalue weighted by Crippen LogP contribution is 2.25. The molecule has 0 aliphatic carbocycles. The maximum Gasteiger partial charge on any atom is 0.490 e. The largest absolute Gasteiger partial charge is 0.490 e. The first-order chi connectivity index (χ1) is 15.2. The lowest BCUT2D eigenvalue weighted by atomic mass is 10.1.